The van der Waals surface area contributed by atoms with Gasteiger partial charge in [0.1, 0.15) is 0 Å². The predicted octanol–water partition coefficient (Wildman–Crippen LogP) is 3.90. The highest BCUT2D eigenvalue weighted by molar-refractivity contribution is 6.03. The molecule has 2 aromatic rings. The summed E-state index contributed by atoms with van der Waals surface area (Å²) in [5.74, 6) is 0.104. The Bertz CT molecular complexity index is 842. The molecule has 0 bridgehead atoms. The van der Waals surface area contributed by atoms with E-state index in [4.69, 9.17) is 0 Å². The van der Waals surface area contributed by atoms with Crippen molar-refractivity contribution in [3.05, 3.63) is 58.7 Å². The van der Waals surface area contributed by atoms with Crippen LogP contribution in [0.5, 0.6) is 0 Å². The minimum Gasteiger partial charge on any atom is -0.375 e. The van der Waals surface area contributed by atoms with Crippen LogP contribution in [0.3, 0.4) is 0 Å². The summed E-state index contributed by atoms with van der Waals surface area (Å²) in [6.07, 6.45) is 0.800. The summed E-state index contributed by atoms with van der Waals surface area (Å²) in [6.45, 7) is 8.27. The van der Waals surface area contributed by atoms with Crippen molar-refractivity contribution in [2.75, 3.05) is 16.8 Å². The molecule has 0 aliphatic carbocycles. The van der Waals surface area contributed by atoms with Crippen LogP contribution in [0.25, 0.3) is 0 Å². The van der Waals surface area contributed by atoms with E-state index in [2.05, 4.69) is 25.2 Å². The van der Waals surface area contributed by atoms with Crippen molar-refractivity contribution < 1.29 is 9.59 Å². The second kappa shape index (κ2) is 6.71. The summed E-state index contributed by atoms with van der Waals surface area (Å²) in [5.41, 5.74) is 6.04. The number of carbonyl (C=O) groups excluding carboxylic acids is 2. The third kappa shape index (κ3) is 3.29. The van der Waals surface area contributed by atoms with E-state index in [0.29, 0.717) is 12.1 Å². The molecule has 130 valence electrons. The van der Waals surface area contributed by atoms with Gasteiger partial charge in [0, 0.05) is 30.4 Å². The molecule has 0 fully saturated rings. The molecule has 4 heteroatoms. The largest absolute Gasteiger partial charge is 0.375 e. The van der Waals surface area contributed by atoms with E-state index >= 15 is 0 Å². The Labute approximate surface area is 148 Å². The Kier molecular flexibility index (Phi) is 4.62. The number of nitrogens with one attached hydrogen (secondary N) is 1. The van der Waals surface area contributed by atoms with Crippen LogP contribution in [0.1, 0.15) is 40.9 Å². The Balaban J connectivity index is 1.79. The first-order valence-electron chi connectivity index (χ1n) is 8.66. The van der Waals surface area contributed by atoms with Crippen molar-refractivity contribution in [2.45, 2.75) is 40.2 Å². The van der Waals surface area contributed by atoms with Crippen molar-refractivity contribution in [1.29, 1.82) is 0 Å². The van der Waals surface area contributed by atoms with Gasteiger partial charge in [0.25, 0.3) is 0 Å². The number of aryl methyl sites for hydroxylation is 1. The number of fused-ring (bicyclic) bond motifs is 1. The van der Waals surface area contributed by atoms with Gasteiger partial charge in [0.15, 0.2) is 5.78 Å². The molecule has 25 heavy (non-hydrogen) atoms. The van der Waals surface area contributed by atoms with Crippen LogP contribution in [-0.4, -0.2) is 24.3 Å². The number of Topliss-reactive ketones (excluding diaryl/α,β-unsaturated/α-hetero) is 1. The zero-order valence-electron chi connectivity index (χ0n) is 15.2. The Morgan fingerprint density at radius 3 is 2.64 bits per heavy atom. The summed E-state index contributed by atoms with van der Waals surface area (Å²) in [7, 11) is 0. The lowest BCUT2D eigenvalue weighted by Gasteiger charge is -2.18. The molecule has 1 N–H and O–H groups in total. The van der Waals surface area contributed by atoms with E-state index in [0.717, 1.165) is 28.9 Å². The molecule has 0 spiro atoms. The van der Waals surface area contributed by atoms with Crippen LogP contribution in [0.2, 0.25) is 0 Å². The van der Waals surface area contributed by atoms with Crippen molar-refractivity contribution in [3.8, 4) is 0 Å². The molecule has 0 saturated carbocycles. The number of amides is 1. The van der Waals surface area contributed by atoms with E-state index < -0.39 is 0 Å². The van der Waals surface area contributed by atoms with Crippen LogP contribution < -0.4 is 10.2 Å². The van der Waals surface area contributed by atoms with Crippen molar-refractivity contribution in [1.82, 2.24) is 0 Å². The van der Waals surface area contributed by atoms with Crippen molar-refractivity contribution >= 4 is 23.1 Å². The van der Waals surface area contributed by atoms with Gasteiger partial charge in [-0.15, -0.1) is 0 Å². The number of hydrogen-bond acceptors (Lipinski definition) is 3. The minimum atomic E-state index is -0.316. The van der Waals surface area contributed by atoms with Crippen molar-refractivity contribution in [3.63, 3.8) is 0 Å². The third-order valence-electron chi connectivity index (χ3n) is 5.01. The quantitative estimate of drug-likeness (QED) is 0.862. The van der Waals surface area contributed by atoms with Crippen LogP contribution in [-0.2, 0) is 11.2 Å². The van der Waals surface area contributed by atoms with Gasteiger partial charge in [-0.3, -0.25) is 9.59 Å². The van der Waals surface area contributed by atoms with Gasteiger partial charge in [0.2, 0.25) is 5.91 Å². The minimum absolute atomic E-state index is 0.0442. The number of ketones is 1. The molecule has 1 atom stereocenters. The second-order valence-corrected chi connectivity index (χ2v) is 6.74. The number of benzene rings is 2. The van der Waals surface area contributed by atoms with E-state index in [1.807, 2.05) is 37.3 Å². The number of carbonyl (C=O) groups is 2. The molecular formula is C21H24N2O2. The van der Waals surface area contributed by atoms with Crippen LogP contribution in [0, 0.1) is 13.8 Å². The molecule has 1 amide bonds. The topological polar surface area (TPSA) is 49.4 Å². The summed E-state index contributed by atoms with van der Waals surface area (Å²) >= 11 is 0. The molecule has 0 radical (unpaired) electrons. The third-order valence-corrected chi connectivity index (χ3v) is 5.01. The average Bonchev–Trinajstić information content (AvgIpc) is 3.01. The average molecular weight is 336 g/mol. The van der Waals surface area contributed by atoms with E-state index in [1.165, 1.54) is 5.56 Å². The normalized spacial score (nSPS) is 14.2. The highest BCUT2D eigenvalue weighted by Crippen LogP contribution is 2.29. The molecule has 1 aliphatic rings. The maximum atomic E-state index is 12.8. The molecule has 3 rings (SSSR count). The van der Waals surface area contributed by atoms with Crippen LogP contribution >= 0.6 is 0 Å². The number of hydrogen-bond donors (Lipinski definition) is 1. The van der Waals surface area contributed by atoms with Gasteiger partial charge in [-0.05, 0) is 68.1 Å². The number of nitrogens with zero attached hydrogens (tertiary/aromatic N) is 1. The van der Waals surface area contributed by atoms with Gasteiger partial charge < -0.3 is 10.2 Å². The summed E-state index contributed by atoms with van der Waals surface area (Å²) in [5, 5.41) is 3.33. The first-order chi connectivity index (χ1) is 11.9. The molecule has 0 saturated heterocycles. The van der Waals surface area contributed by atoms with Gasteiger partial charge >= 0.3 is 0 Å². The smallest absolute Gasteiger partial charge is 0.223 e. The van der Waals surface area contributed by atoms with Gasteiger partial charge in [0.05, 0.1) is 6.04 Å². The Hall–Kier alpha value is -2.62. The monoisotopic (exact) mass is 336 g/mol. The second-order valence-electron chi connectivity index (χ2n) is 6.74. The van der Waals surface area contributed by atoms with Crippen molar-refractivity contribution in [2.24, 2.45) is 0 Å². The summed E-state index contributed by atoms with van der Waals surface area (Å²) in [6, 6.07) is 11.4. The maximum absolute atomic E-state index is 12.8. The Morgan fingerprint density at radius 2 is 1.92 bits per heavy atom. The lowest BCUT2D eigenvalue weighted by Crippen LogP contribution is -2.27. The molecule has 0 unspecified atom stereocenters. The summed E-state index contributed by atoms with van der Waals surface area (Å²) < 4.78 is 0. The molecular weight excluding hydrogens is 312 g/mol. The molecule has 0 aromatic heterocycles. The molecule has 1 aliphatic heterocycles. The SMILES string of the molecule is CC(=O)N1CCc2cc(C(=O)[C@@H](C)Nc3cccc(C)c3C)ccc21. The molecule has 2 aromatic carbocycles. The van der Waals surface area contributed by atoms with Gasteiger partial charge in [-0.2, -0.15) is 0 Å². The van der Waals surface area contributed by atoms with Crippen LogP contribution in [0.4, 0.5) is 11.4 Å². The lowest BCUT2D eigenvalue weighted by atomic mass is 10.0. The van der Waals surface area contributed by atoms with Gasteiger partial charge in [-0.1, -0.05) is 12.1 Å². The zero-order valence-corrected chi connectivity index (χ0v) is 15.2. The fourth-order valence-electron chi connectivity index (χ4n) is 3.34. The first-order valence-corrected chi connectivity index (χ1v) is 8.66. The molecule has 1 heterocycles. The first kappa shape index (κ1) is 17.2. The zero-order chi connectivity index (χ0) is 18.1. The highest BCUT2D eigenvalue weighted by Gasteiger charge is 2.24. The molecule has 4 nitrogen and oxygen atoms in total. The van der Waals surface area contributed by atoms with E-state index in [9.17, 15) is 9.59 Å². The van der Waals surface area contributed by atoms with Gasteiger partial charge in [-0.25, -0.2) is 0 Å². The van der Waals surface area contributed by atoms with E-state index in [-0.39, 0.29) is 17.7 Å². The predicted molar refractivity (Wildman–Crippen MR) is 102 cm³/mol. The van der Waals surface area contributed by atoms with E-state index in [1.54, 1.807) is 11.8 Å². The fourth-order valence-corrected chi connectivity index (χ4v) is 3.34. The fraction of sp³-hybridized carbons (Fsp3) is 0.333. The highest BCUT2D eigenvalue weighted by atomic mass is 16.2. The Morgan fingerprint density at radius 1 is 1.16 bits per heavy atom. The standard InChI is InChI=1S/C21H24N2O2/c1-13-6-5-7-19(14(13)2)22-15(3)21(25)18-8-9-20-17(12-18)10-11-23(20)16(4)24/h5-9,12,15,22H,10-11H2,1-4H3/t15-/m1/s1. The number of rotatable bonds is 4. The number of anilines is 2. The van der Waals surface area contributed by atoms with Crippen LogP contribution in [0.15, 0.2) is 36.4 Å². The summed E-state index contributed by atoms with van der Waals surface area (Å²) in [4.78, 5) is 26.2. The maximum Gasteiger partial charge on any atom is 0.223 e. The lowest BCUT2D eigenvalue weighted by molar-refractivity contribution is -0.116.